The molecule has 1 aromatic rings. The van der Waals surface area contributed by atoms with Crippen LogP contribution in [0, 0.1) is 0 Å². The lowest BCUT2D eigenvalue weighted by molar-refractivity contribution is -0.138. The molecular weight excluding hydrogens is 266 g/mol. The SMILES string of the molecule is NC(C(=O)O)c1ccc(O)c(CSC2=NCCN2)c1. The summed E-state index contributed by atoms with van der Waals surface area (Å²) in [5.41, 5.74) is 6.67. The van der Waals surface area contributed by atoms with Crippen LogP contribution in [0.1, 0.15) is 17.2 Å². The molecular formula is C12H15N3O3S. The summed E-state index contributed by atoms with van der Waals surface area (Å²) in [6, 6.07) is 3.54. The van der Waals surface area contributed by atoms with E-state index in [4.69, 9.17) is 10.8 Å². The Hall–Kier alpha value is -1.73. The number of hydrogen-bond donors (Lipinski definition) is 4. The van der Waals surface area contributed by atoms with Gasteiger partial charge in [0.25, 0.3) is 0 Å². The van der Waals surface area contributed by atoms with Crippen LogP contribution in [0.2, 0.25) is 0 Å². The highest BCUT2D eigenvalue weighted by molar-refractivity contribution is 8.13. The summed E-state index contributed by atoms with van der Waals surface area (Å²) in [4.78, 5) is 15.1. The number of carboxylic acids is 1. The zero-order valence-electron chi connectivity index (χ0n) is 10.2. The molecule has 1 unspecified atom stereocenters. The fourth-order valence-electron chi connectivity index (χ4n) is 1.68. The quantitative estimate of drug-likeness (QED) is 0.646. The Morgan fingerprint density at radius 2 is 2.37 bits per heavy atom. The van der Waals surface area contributed by atoms with E-state index in [-0.39, 0.29) is 5.75 Å². The lowest BCUT2D eigenvalue weighted by Crippen LogP contribution is -2.20. The Kier molecular flexibility index (Phi) is 4.28. The summed E-state index contributed by atoms with van der Waals surface area (Å²) in [6.45, 7) is 1.59. The van der Waals surface area contributed by atoms with Crippen molar-refractivity contribution < 1.29 is 15.0 Å². The van der Waals surface area contributed by atoms with Gasteiger partial charge >= 0.3 is 5.97 Å². The number of rotatable bonds is 4. The molecule has 0 aliphatic carbocycles. The van der Waals surface area contributed by atoms with Crippen molar-refractivity contribution >= 4 is 22.9 Å². The number of aliphatic imine (C=N–C) groups is 1. The van der Waals surface area contributed by atoms with E-state index in [0.717, 1.165) is 18.3 Å². The lowest BCUT2D eigenvalue weighted by Gasteiger charge is -2.10. The van der Waals surface area contributed by atoms with E-state index in [1.165, 1.54) is 23.9 Å². The Balaban J connectivity index is 2.10. The highest BCUT2D eigenvalue weighted by atomic mass is 32.2. The second kappa shape index (κ2) is 5.94. The molecule has 0 aromatic heterocycles. The van der Waals surface area contributed by atoms with E-state index in [9.17, 15) is 9.90 Å². The predicted octanol–water partition coefficient (Wildman–Crippen LogP) is 0.669. The number of nitrogens with one attached hydrogen (secondary N) is 1. The van der Waals surface area contributed by atoms with E-state index < -0.39 is 12.0 Å². The van der Waals surface area contributed by atoms with Gasteiger partial charge in [-0.25, -0.2) is 0 Å². The van der Waals surface area contributed by atoms with Crippen LogP contribution in [-0.4, -0.2) is 34.4 Å². The average Bonchev–Trinajstić information content (AvgIpc) is 2.90. The molecule has 0 saturated heterocycles. The fourth-order valence-corrected chi connectivity index (χ4v) is 2.59. The highest BCUT2D eigenvalue weighted by Crippen LogP contribution is 2.26. The van der Waals surface area contributed by atoms with Crippen molar-refractivity contribution in [3.63, 3.8) is 0 Å². The number of carbonyl (C=O) groups is 1. The van der Waals surface area contributed by atoms with Gasteiger partial charge in [0, 0.05) is 17.9 Å². The van der Waals surface area contributed by atoms with Gasteiger partial charge in [-0.2, -0.15) is 0 Å². The lowest BCUT2D eigenvalue weighted by atomic mass is 10.0. The van der Waals surface area contributed by atoms with Gasteiger partial charge in [0.05, 0.1) is 6.54 Å². The molecule has 1 aliphatic rings. The smallest absolute Gasteiger partial charge is 0.325 e. The largest absolute Gasteiger partial charge is 0.508 e. The molecule has 6 nitrogen and oxygen atoms in total. The monoisotopic (exact) mass is 281 g/mol. The third kappa shape index (κ3) is 3.39. The van der Waals surface area contributed by atoms with Gasteiger partial charge in [-0.15, -0.1) is 0 Å². The predicted molar refractivity (Wildman–Crippen MR) is 74.3 cm³/mol. The Bertz CT molecular complexity index is 519. The number of phenolic OH excluding ortho intramolecular Hbond substituents is 1. The third-order valence-electron chi connectivity index (χ3n) is 2.74. The zero-order chi connectivity index (χ0) is 13.8. The van der Waals surface area contributed by atoms with Crippen molar-refractivity contribution in [3.8, 4) is 5.75 Å². The number of nitrogens with two attached hydrogens (primary N) is 1. The summed E-state index contributed by atoms with van der Waals surface area (Å²) in [5.74, 6) is -0.448. The second-order valence-electron chi connectivity index (χ2n) is 4.11. The van der Waals surface area contributed by atoms with Crippen molar-refractivity contribution in [2.24, 2.45) is 10.7 Å². The molecule has 0 saturated carbocycles. The van der Waals surface area contributed by atoms with E-state index in [0.29, 0.717) is 16.9 Å². The van der Waals surface area contributed by atoms with Gasteiger partial charge in [0.15, 0.2) is 5.17 Å². The van der Waals surface area contributed by atoms with E-state index in [2.05, 4.69) is 10.3 Å². The maximum absolute atomic E-state index is 10.8. The number of hydrogen-bond acceptors (Lipinski definition) is 6. The minimum atomic E-state index is -1.09. The van der Waals surface area contributed by atoms with Crippen LogP contribution in [0.3, 0.4) is 0 Å². The van der Waals surface area contributed by atoms with Crippen LogP contribution in [0.25, 0.3) is 0 Å². The van der Waals surface area contributed by atoms with Crippen LogP contribution in [0.4, 0.5) is 0 Å². The Labute approximate surface area is 114 Å². The average molecular weight is 281 g/mol. The topological polar surface area (TPSA) is 108 Å². The van der Waals surface area contributed by atoms with Crippen molar-refractivity contribution in [1.82, 2.24) is 5.32 Å². The second-order valence-corrected chi connectivity index (χ2v) is 5.07. The van der Waals surface area contributed by atoms with E-state index in [1.807, 2.05) is 0 Å². The van der Waals surface area contributed by atoms with Gasteiger partial charge in [-0.3, -0.25) is 9.79 Å². The first-order chi connectivity index (χ1) is 9.08. The highest BCUT2D eigenvalue weighted by Gasteiger charge is 2.16. The number of benzene rings is 1. The Morgan fingerprint density at radius 1 is 1.58 bits per heavy atom. The summed E-state index contributed by atoms with van der Waals surface area (Å²) < 4.78 is 0. The summed E-state index contributed by atoms with van der Waals surface area (Å²) in [5, 5.41) is 22.6. The molecule has 1 atom stereocenters. The maximum Gasteiger partial charge on any atom is 0.325 e. The third-order valence-corrected chi connectivity index (χ3v) is 3.74. The number of nitrogens with zero attached hydrogens (tertiary/aromatic N) is 1. The number of amidine groups is 1. The summed E-state index contributed by atoms with van der Waals surface area (Å²) in [7, 11) is 0. The standard InChI is InChI=1S/C12H15N3O3S/c13-10(11(17)18)7-1-2-9(16)8(5-7)6-19-12-14-3-4-15-12/h1-2,5,10,16H,3-4,6,13H2,(H,14,15)(H,17,18). The van der Waals surface area contributed by atoms with Crippen molar-refractivity contribution in [2.75, 3.05) is 13.1 Å². The molecule has 5 N–H and O–H groups in total. The molecule has 0 amide bonds. The first-order valence-electron chi connectivity index (χ1n) is 5.79. The van der Waals surface area contributed by atoms with Gasteiger partial charge in [-0.1, -0.05) is 17.8 Å². The first-order valence-corrected chi connectivity index (χ1v) is 6.78. The molecule has 2 rings (SSSR count). The molecule has 0 bridgehead atoms. The van der Waals surface area contributed by atoms with Gasteiger partial charge in [-0.05, 0) is 17.7 Å². The number of carboxylic acid groups (broad SMARTS) is 1. The van der Waals surface area contributed by atoms with Crippen LogP contribution >= 0.6 is 11.8 Å². The summed E-state index contributed by atoms with van der Waals surface area (Å²) >= 11 is 1.47. The van der Waals surface area contributed by atoms with Crippen LogP contribution in [0.5, 0.6) is 5.75 Å². The molecule has 0 fully saturated rings. The van der Waals surface area contributed by atoms with Gasteiger partial charge in [0.1, 0.15) is 11.8 Å². The molecule has 0 radical (unpaired) electrons. The molecule has 1 aromatic carbocycles. The molecule has 7 heteroatoms. The van der Waals surface area contributed by atoms with Crippen LogP contribution in [0.15, 0.2) is 23.2 Å². The molecule has 102 valence electrons. The number of aliphatic carboxylic acids is 1. The first kappa shape index (κ1) is 13.7. The molecule has 19 heavy (non-hydrogen) atoms. The van der Waals surface area contributed by atoms with Crippen molar-refractivity contribution in [2.45, 2.75) is 11.8 Å². The maximum atomic E-state index is 10.8. The van der Waals surface area contributed by atoms with Crippen LogP contribution in [-0.2, 0) is 10.5 Å². The number of phenols is 1. The van der Waals surface area contributed by atoms with Crippen molar-refractivity contribution in [1.29, 1.82) is 0 Å². The normalized spacial score (nSPS) is 15.7. The van der Waals surface area contributed by atoms with Gasteiger partial charge < -0.3 is 21.3 Å². The summed E-state index contributed by atoms with van der Waals surface area (Å²) in [6.07, 6.45) is 0. The molecule has 0 spiro atoms. The van der Waals surface area contributed by atoms with E-state index in [1.54, 1.807) is 6.07 Å². The number of aromatic hydroxyl groups is 1. The Morgan fingerprint density at radius 3 is 3.00 bits per heavy atom. The minimum Gasteiger partial charge on any atom is -0.508 e. The minimum absolute atomic E-state index is 0.132. The van der Waals surface area contributed by atoms with Crippen molar-refractivity contribution in [3.05, 3.63) is 29.3 Å². The fraction of sp³-hybridized carbons (Fsp3) is 0.333. The van der Waals surface area contributed by atoms with E-state index >= 15 is 0 Å². The zero-order valence-corrected chi connectivity index (χ0v) is 11.0. The number of thioether (sulfide) groups is 1. The molecule has 1 aliphatic heterocycles. The van der Waals surface area contributed by atoms with Crippen LogP contribution < -0.4 is 11.1 Å². The van der Waals surface area contributed by atoms with Gasteiger partial charge in [0.2, 0.25) is 0 Å². The molecule has 1 heterocycles.